The molecule has 0 saturated carbocycles. The molecule has 0 spiro atoms. The Hall–Kier alpha value is -0.760. The molecule has 0 aliphatic carbocycles. The first-order chi connectivity index (χ1) is 4.34. The molecule has 0 bridgehead atoms. The Kier molecular flexibility index (Phi) is 1.90. The lowest BCUT2D eigenvalue weighted by Gasteiger charge is -1.93. The smallest absolute Gasteiger partial charge is 0.105 e. The number of hydrogen-bond acceptors (Lipinski definition) is 2. The Balaban J connectivity index is 2.69. The maximum atomic E-state index is 5.08. The quantitative estimate of drug-likeness (QED) is 0.644. The third-order valence-corrected chi connectivity index (χ3v) is 1.33. The van der Waals surface area contributed by atoms with Crippen LogP contribution >= 0.6 is 0 Å². The molecular weight excluding hydrogens is 114 g/mol. The first kappa shape index (κ1) is 6.36. The molecule has 0 radical (unpaired) electrons. The predicted molar refractivity (Wildman–Crippen MR) is 36.2 cm³/mol. The lowest BCUT2D eigenvalue weighted by molar-refractivity contribution is 0.528. The molecule has 2 nitrogen and oxygen atoms in total. The van der Waals surface area contributed by atoms with Crippen molar-refractivity contribution in [2.45, 2.75) is 13.5 Å². The van der Waals surface area contributed by atoms with Crippen molar-refractivity contribution in [3.05, 3.63) is 23.7 Å². The summed E-state index contributed by atoms with van der Waals surface area (Å²) in [6.07, 6.45) is 1.71. The third-order valence-electron chi connectivity index (χ3n) is 1.33. The van der Waals surface area contributed by atoms with Crippen molar-refractivity contribution in [2.24, 2.45) is 0 Å². The lowest BCUT2D eigenvalue weighted by atomic mass is 10.3. The van der Waals surface area contributed by atoms with Crippen LogP contribution in [0.4, 0.5) is 0 Å². The normalized spacial score (nSPS) is 10.0. The zero-order valence-corrected chi connectivity index (χ0v) is 5.77. The lowest BCUT2D eigenvalue weighted by Crippen LogP contribution is -2.04. The van der Waals surface area contributed by atoms with Crippen LogP contribution in [0.2, 0.25) is 0 Å². The molecule has 1 aromatic rings. The zero-order valence-electron chi connectivity index (χ0n) is 5.77. The van der Waals surface area contributed by atoms with E-state index >= 15 is 0 Å². The first-order valence-corrected chi connectivity index (χ1v) is 3.02. The van der Waals surface area contributed by atoms with E-state index in [1.54, 1.807) is 6.26 Å². The van der Waals surface area contributed by atoms with Gasteiger partial charge in [0.2, 0.25) is 0 Å². The first-order valence-electron chi connectivity index (χ1n) is 3.02. The summed E-state index contributed by atoms with van der Waals surface area (Å²) in [5, 5.41) is 3.05. The van der Waals surface area contributed by atoms with Gasteiger partial charge in [0.15, 0.2) is 0 Å². The van der Waals surface area contributed by atoms with Crippen LogP contribution in [0.3, 0.4) is 0 Å². The molecule has 0 unspecified atom stereocenters. The van der Waals surface area contributed by atoms with Gasteiger partial charge in [-0.1, -0.05) is 0 Å². The molecule has 0 saturated heterocycles. The molecule has 2 heteroatoms. The number of rotatable bonds is 2. The van der Waals surface area contributed by atoms with Gasteiger partial charge in [-0.2, -0.15) is 0 Å². The summed E-state index contributed by atoms with van der Waals surface area (Å²) in [6.45, 7) is 2.86. The minimum absolute atomic E-state index is 0.891. The zero-order chi connectivity index (χ0) is 6.69. The fourth-order valence-electron chi connectivity index (χ4n) is 0.785. The van der Waals surface area contributed by atoms with Crippen molar-refractivity contribution in [2.75, 3.05) is 7.05 Å². The Morgan fingerprint density at radius 3 is 2.89 bits per heavy atom. The van der Waals surface area contributed by atoms with Gasteiger partial charge in [0.25, 0.3) is 0 Å². The van der Waals surface area contributed by atoms with Crippen LogP contribution in [0.1, 0.15) is 11.3 Å². The number of nitrogens with one attached hydrogen (secondary N) is 1. The standard InChI is InChI=1S/C7H11NO/c1-6-7(5-8-2)3-4-9-6/h3-4,8H,5H2,1-2H3. The summed E-state index contributed by atoms with van der Waals surface area (Å²) >= 11 is 0. The molecule has 0 aliphatic heterocycles. The summed E-state index contributed by atoms with van der Waals surface area (Å²) in [6, 6.07) is 1.98. The Morgan fingerprint density at radius 1 is 1.67 bits per heavy atom. The van der Waals surface area contributed by atoms with Crippen LogP contribution in [-0.2, 0) is 6.54 Å². The van der Waals surface area contributed by atoms with E-state index in [1.807, 2.05) is 20.0 Å². The van der Waals surface area contributed by atoms with Crippen LogP contribution in [-0.4, -0.2) is 7.05 Å². The summed E-state index contributed by atoms with van der Waals surface area (Å²) < 4.78 is 5.08. The maximum Gasteiger partial charge on any atom is 0.105 e. The van der Waals surface area contributed by atoms with Crippen molar-refractivity contribution in [1.29, 1.82) is 0 Å². The second-order valence-corrected chi connectivity index (χ2v) is 2.03. The second kappa shape index (κ2) is 2.69. The van der Waals surface area contributed by atoms with E-state index < -0.39 is 0 Å². The minimum Gasteiger partial charge on any atom is -0.469 e. The van der Waals surface area contributed by atoms with E-state index in [2.05, 4.69) is 5.32 Å². The second-order valence-electron chi connectivity index (χ2n) is 2.03. The molecule has 1 rings (SSSR count). The summed E-state index contributed by atoms with van der Waals surface area (Å²) in [4.78, 5) is 0. The van der Waals surface area contributed by atoms with Gasteiger partial charge >= 0.3 is 0 Å². The Bertz CT molecular complexity index is 181. The summed E-state index contributed by atoms with van der Waals surface area (Å²) in [5.74, 6) is 1.00. The van der Waals surface area contributed by atoms with Crippen LogP contribution < -0.4 is 5.32 Å². The van der Waals surface area contributed by atoms with Crippen LogP contribution in [0.15, 0.2) is 16.7 Å². The van der Waals surface area contributed by atoms with Crippen LogP contribution in [0.25, 0.3) is 0 Å². The monoisotopic (exact) mass is 125 g/mol. The van der Waals surface area contributed by atoms with Crippen molar-refractivity contribution < 1.29 is 4.42 Å². The summed E-state index contributed by atoms with van der Waals surface area (Å²) in [7, 11) is 1.92. The predicted octanol–water partition coefficient (Wildman–Crippen LogP) is 1.31. The van der Waals surface area contributed by atoms with Gasteiger partial charge in [-0.05, 0) is 20.0 Å². The molecule has 1 N–H and O–H groups in total. The molecule has 1 heterocycles. The van der Waals surface area contributed by atoms with Gasteiger partial charge < -0.3 is 9.73 Å². The highest BCUT2D eigenvalue weighted by atomic mass is 16.3. The maximum absolute atomic E-state index is 5.08. The van der Waals surface area contributed by atoms with Crippen LogP contribution in [0, 0.1) is 6.92 Å². The molecule has 50 valence electrons. The molecular formula is C7H11NO. The van der Waals surface area contributed by atoms with Crippen molar-refractivity contribution in [1.82, 2.24) is 5.32 Å². The average molecular weight is 125 g/mol. The van der Waals surface area contributed by atoms with Gasteiger partial charge in [0.05, 0.1) is 6.26 Å². The SMILES string of the molecule is CNCc1ccoc1C. The Morgan fingerprint density at radius 2 is 2.44 bits per heavy atom. The van der Waals surface area contributed by atoms with E-state index in [1.165, 1.54) is 5.56 Å². The highest BCUT2D eigenvalue weighted by molar-refractivity contribution is 5.14. The number of furan rings is 1. The van der Waals surface area contributed by atoms with Gasteiger partial charge in [0.1, 0.15) is 5.76 Å². The number of aryl methyl sites for hydroxylation is 1. The fourth-order valence-corrected chi connectivity index (χ4v) is 0.785. The minimum atomic E-state index is 0.891. The molecule has 0 aromatic carbocycles. The van der Waals surface area contributed by atoms with Gasteiger partial charge in [0, 0.05) is 12.1 Å². The summed E-state index contributed by atoms with van der Waals surface area (Å²) in [5.41, 5.74) is 1.23. The third kappa shape index (κ3) is 1.33. The molecule has 1 aromatic heterocycles. The van der Waals surface area contributed by atoms with Crippen molar-refractivity contribution in [3.63, 3.8) is 0 Å². The van der Waals surface area contributed by atoms with Gasteiger partial charge in [-0.25, -0.2) is 0 Å². The van der Waals surface area contributed by atoms with E-state index in [-0.39, 0.29) is 0 Å². The van der Waals surface area contributed by atoms with E-state index in [0.717, 1.165) is 12.3 Å². The Labute approximate surface area is 54.9 Å². The molecule has 0 amide bonds. The topological polar surface area (TPSA) is 25.2 Å². The highest BCUT2D eigenvalue weighted by Gasteiger charge is 1.96. The van der Waals surface area contributed by atoms with Crippen molar-refractivity contribution >= 4 is 0 Å². The number of hydrogen-bond donors (Lipinski definition) is 1. The molecule has 0 aliphatic rings. The molecule has 0 fully saturated rings. The molecule has 9 heavy (non-hydrogen) atoms. The van der Waals surface area contributed by atoms with Crippen molar-refractivity contribution in [3.8, 4) is 0 Å². The average Bonchev–Trinajstić information content (AvgIpc) is 2.18. The highest BCUT2D eigenvalue weighted by Crippen LogP contribution is 2.06. The van der Waals surface area contributed by atoms with Gasteiger partial charge in [-0.3, -0.25) is 0 Å². The fraction of sp³-hybridized carbons (Fsp3) is 0.429. The van der Waals surface area contributed by atoms with E-state index in [9.17, 15) is 0 Å². The van der Waals surface area contributed by atoms with Gasteiger partial charge in [-0.15, -0.1) is 0 Å². The van der Waals surface area contributed by atoms with E-state index in [4.69, 9.17) is 4.42 Å². The van der Waals surface area contributed by atoms with Crippen LogP contribution in [0.5, 0.6) is 0 Å². The van der Waals surface area contributed by atoms with E-state index in [0.29, 0.717) is 0 Å². The molecule has 0 atom stereocenters. The largest absolute Gasteiger partial charge is 0.469 e.